The van der Waals surface area contributed by atoms with E-state index in [0.29, 0.717) is 40.4 Å². The predicted octanol–water partition coefficient (Wildman–Crippen LogP) is 2.76. The molecule has 4 rings (SSSR count). The molecule has 1 fully saturated rings. The van der Waals surface area contributed by atoms with E-state index in [9.17, 15) is 24.6 Å². The molecule has 0 aliphatic carbocycles. The molecule has 1 aromatic heterocycles. The second-order valence-electron chi connectivity index (χ2n) is 9.25. The van der Waals surface area contributed by atoms with Crippen LogP contribution in [0, 0.1) is 0 Å². The Morgan fingerprint density at radius 2 is 1.84 bits per heavy atom. The minimum atomic E-state index is -1.97. The van der Waals surface area contributed by atoms with Crippen LogP contribution >= 0.6 is 11.6 Å². The molecule has 4 atom stereocenters. The van der Waals surface area contributed by atoms with Crippen LogP contribution in [0.15, 0.2) is 66.9 Å². The van der Waals surface area contributed by atoms with Gasteiger partial charge in [-0.15, -0.1) is 0 Å². The fourth-order valence-corrected chi connectivity index (χ4v) is 4.88. The molecule has 3 amide bonds. The molecule has 1 saturated heterocycles. The first-order valence-corrected chi connectivity index (χ1v) is 12.6. The second-order valence-corrected chi connectivity index (χ2v) is 9.68. The molecule has 1 aliphatic heterocycles. The number of aliphatic hydroxyl groups is 2. The van der Waals surface area contributed by atoms with E-state index in [1.54, 1.807) is 67.7 Å². The number of primary amides is 1. The van der Waals surface area contributed by atoms with Crippen molar-refractivity contribution in [2.24, 2.45) is 5.73 Å². The first-order valence-electron chi connectivity index (χ1n) is 12.2. The number of pyridine rings is 1. The third-order valence-electron chi connectivity index (χ3n) is 6.68. The van der Waals surface area contributed by atoms with Crippen molar-refractivity contribution in [1.82, 2.24) is 15.2 Å². The summed E-state index contributed by atoms with van der Waals surface area (Å²) in [5.41, 5.74) is 8.43. The van der Waals surface area contributed by atoms with Gasteiger partial charge in [-0.1, -0.05) is 48.0 Å². The minimum Gasteiger partial charge on any atom is -0.380 e. The van der Waals surface area contributed by atoms with Crippen molar-refractivity contribution in [3.05, 3.63) is 88.7 Å². The summed E-state index contributed by atoms with van der Waals surface area (Å²) in [5, 5.41) is 24.2. The second kappa shape index (κ2) is 11.7. The van der Waals surface area contributed by atoms with E-state index in [4.69, 9.17) is 17.3 Å². The lowest BCUT2D eigenvalue weighted by atomic mass is 10.00. The molecular weight excluding hydrogens is 508 g/mol. The van der Waals surface area contributed by atoms with E-state index in [1.807, 2.05) is 6.07 Å². The maximum atomic E-state index is 13.0. The van der Waals surface area contributed by atoms with Crippen molar-refractivity contribution in [2.45, 2.75) is 44.1 Å². The van der Waals surface area contributed by atoms with Gasteiger partial charge in [0.05, 0.1) is 17.8 Å². The number of carbonyl (C=O) groups excluding carboxylic acids is 3. The van der Waals surface area contributed by atoms with Crippen LogP contribution in [0.2, 0.25) is 5.02 Å². The Morgan fingerprint density at radius 3 is 2.53 bits per heavy atom. The number of aliphatic hydroxyl groups excluding tert-OH is 2. The number of aromatic nitrogens is 1. The van der Waals surface area contributed by atoms with E-state index in [0.717, 1.165) is 12.0 Å². The van der Waals surface area contributed by atoms with Crippen LogP contribution in [-0.4, -0.2) is 56.6 Å². The zero-order valence-electron chi connectivity index (χ0n) is 20.8. The average molecular weight is 537 g/mol. The van der Waals surface area contributed by atoms with Gasteiger partial charge in [-0.2, -0.15) is 0 Å². The zero-order valence-corrected chi connectivity index (χ0v) is 21.5. The maximum Gasteiger partial charge on any atom is 0.255 e. The van der Waals surface area contributed by atoms with Gasteiger partial charge in [0.2, 0.25) is 5.91 Å². The SMILES string of the molecule is CC(NC(=O)[C@H](O)[C@@H](O)C(=O)N1CCC[C@@H]1c1cccc(Cl)c1)c1ccc(-c2ccccc2C(N)=O)cn1. The molecule has 3 aromatic rings. The van der Waals surface area contributed by atoms with Crippen molar-refractivity contribution < 1.29 is 24.6 Å². The number of carbonyl (C=O) groups is 3. The van der Waals surface area contributed by atoms with Gasteiger partial charge in [0.1, 0.15) is 0 Å². The number of hydrogen-bond donors (Lipinski definition) is 4. The minimum absolute atomic E-state index is 0.299. The van der Waals surface area contributed by atoms with Crippen LogP contribution in [0.25, 0.3) is 11.1 Å². The number of nitrogens with one attached hydrogen (secondary N) is 1. The quantitative estimate of drug-likeness (QED) is 0.348. The summed E-state index contributed by atoms with van der Waals surface area (Å²) < 4.78 is 0. The molecular formula is C28H29ClN4O5. The van der Waals surface area contributed by atoms with Crippen molar-refractivity contribution in [3.8, 4) is 11.1 Å². The van der Waals surface area contributed by atoms with Crippen molar-refractivity contribution in [2.75, 3.05) is 6.54 Å². The number of likely N-dealkylation sites (tertiary alicyclic amines) is 1. The number of amides is 3. The third kappa shape index (κ3) is 5.85. The van der Waals surface area contributed by atoms with Crippen molar-refractivity contribution in [3.63, 3.8) is 0 Å². The summed E-state index contributed by atoms with van der Waals surface area (Å²) >= 11 is 6.09. The number of benzene rings is 2. The maximum absolute atomic E-state index is 13.0. The number of nitrogens with zero attached hydrogens (tertiary/aromatic N) is 2. The summed E-state index contributed by atoms with van der Waals surface area (Å²) in [6, 6.07) is 16.5. The number of rotatable bonds is 8. The first-order chi connectivity index (χ1) is 18.2. The van der Waals surface area contributed by atoms with Crippen molar-refractivity contribution in [1.29, 1.82) is 0 Å². The first kappa shape index (κ1) is 27.3. The summed E-state index contributed by atoms with van der Waals surface area (Å²) in [4.78, 5) is 43.3. The van der Waals surface area contributed by atoms with E-state index in [1.165, 1.54) is 4.90 Å². The highest BCUT2D eigenvalue weighted by Crippen LogP contribution is 2.33. The molecule has 1 unspecified atom stereocenters. The van der Waals surface area contributed by atoms with E-state index < -0.39 is 36.0 Å². The lowest BCUT2D eigenvalue weighted by molar-refractivity contribution is -0.154. The van der Waals surface area contributed by atoms with Crippen LogP contribution in [0.4, 0.5) is 0 Å². The summed E-state index contributed by atoms with van der Waals surface area (Å²) in [5.74, 6) is -2.18. The van der Waals surface area contributed by atoms with Gasteiger partial charge in [-0.05, 0) is 55.2 Å². The van der Waals surface area contributed by atoms with Gasteiger partial charge in [0, 0.05) is 28.9 Å². The van der Waals surface area contributed by atoms with Crippen LogP contribution in [0.5, 0.6) is 0 Å². The molecule has 0 bridgehead atoms. The number of hydrogen-bond acceptors (Lipinski definition) is 6. The van der Waals surface area contributed by atoms with Gasteiger partial charge in [-0.25, -0.2) is 0 Å². The van der Waals surface area contributed by atoms with Gasteiger partial charge in [0.25, 0.3) is 11.8 Å². The fraction of sp³-hybridized carbons (Fsp3) is 0.286. The third-order valence-corrected chi connectivity index (χ3v) is 6.92. The van der Waals surface area contributed by atoms with E-state index >= 15 is 0 Å². The smallest absolute Gasteiger partial charge is 0.255 e. The Bertz CT molecular complexity index is 1330. The fourth-order valence-electron chi connectivity index (χ4n) is 4.68. The molecule has 1 aliphatic rings. The van der Waals surface area contributed by atoms with Crippen LogP contribution in [0.1, 0.15) is 53.5 Å². The zero-order chi connectivity index (χ0) is 27.4. The Labute approximate surface area is 225 Å². The van der Waals surface area contributed by atoms with E-state index in [-0.39, 0.29) is 6.04 Å². The molecule has 10 heteroatoms. The van der Waals surface area contributed by atoms with Crippen LogP contribution in [0.3, 0.4) is 0 Å². The average Bonchev–Trinajstić information content (AvgIpc) is 3.42. The Hall–Kier alpha value is -3.79. The molecule has 0 spiro atoms. The number of halogens is 1. The molecule has 38 heavy (non-hydrogen) atoms. The molecule has 198 valence electrons. The summed E-state index contributed by atoms with van der Waals surface area (Å²) in [6.45, 7) is 2.06. The Balaban J connectivity index is 1.40. The molecule has 2 heterocycles. The largest absolute Gasteiger partial charge is 0.380 e. The van der Waals surface area contributed by atoms with Gasteiger partial charge >= 0.3 is 0 Å². The van der Waals surface area contributed by atoms with Gasteiger partial charge in [0.15, 0.2) is 12.2 Å². The monoisotopic (exact) mass is 536 g/mol. The standard InChI is InChI=1S/C28H29ClN4O5/c1-16(22-12-11-18(15-31-22)20-8-2-3-9-21(20)26(30)36)32-27(37)24(34)25(35)28(38)33-13-5-10-23(33)17-6-4-7-19(29)14-17/h2-4,6-9,11-12,14-16,23-25,34-35H,5,10,13H2,1H3,(H2,30,36)(H,32,37)/t16?,23-,24-,25-/m1/s1. The van der Waals surface area contributed by atoms with Crippen LogP contribution in [-0.2, 0) is 9.59 Å². The highest BCUT2D eigenvalue weighted by atomic mass is 35.5. The predicted molar refractivity (Wildman–Crippen MR) is 142 cm³/mol. The molecule has 0 radical (unpaired) electrons. The van der Waals surface area contributed by atoms with Crippen molar-refractivity contribution >= 4 is 29.3 Å². The van der Waals surface area contributed by atoms with E-state index in [2.05, 4.69) is 10.3 Å². The highest BCUT2D eigenvalue weighted by Gasteiger charge is 2.38. The molecule has 5 N–H and O–H groups in total. The lowest BCUT2D eigenvalue weighted by Gasteiger charge is -2.29. The van der Waals surface area contributed by atoms with Crippen LogP contribution < -0.4 is 11.1 Å². The van der Waals surface area contributed by atoms with Gasteiger partial charge < -0.3 is 26.2 Å². The summed E-state index contributed by atoms with van der Waals surface area (Å²) in [6.07, 6.45) is -0.933. The summed E-state index contributed by atoms with van der Waals surface area (Å²) in [7, 11) is 0. The Morgan fingerprint density at radius 1 is 1.08 bits per heavy atom. The number of nitrogens with two attached hydrogens (primary N) is 1. The molecule has 0 saturated carbocycles. The lowest BCUT2D eigenvalue weighted by Crippen LogP contribution is -2.51. The normalized spacial score (nSPS) is 17.5. The van der Waals surface area contributed by atoms with Gasteiger partial charge in [-0.3, -0.25) is 19.4 Å². The topological polar surface area (TPSA) is 146 Å². The highest BCUT2D eigenvalue weighted by molar-refractivity contribution is 6.30. The molecule has 2 aromatic carbocycles. The molecule has 9 nitrogen and oxygen atoms in total. The Kier molecular flexibility index (Phi) is 8.41.